The molecule has 1 saturated carbocycles. The zero-order chi connectivity index (χ0) is 27.2. The van der Waals surface area contributed by atoms with Crippen molar-refractivity contribution in [1.82, 2.24) is 5.32 Å². The van der Waals surface area contributed by atoms with Crippen molar-refractivity contribution in [3.63, 3.8) is 0 Å². The Kier molecular flexibility index (Phi) is 12.4. The van der Waals surface area contributed by atoms with Crippen molar-refractivity contribution < 1.29 is 38.5 Å². The molecule has 1 aliphatic carbocycles. The normalized spacial score (nSPS) is 19.0. The van der Waals surface area contributed by atoms with E-state index < -0.39 is 29.5 Å². The molecule has 1 aromatic carbocycles. The summed E-state index contributed by atoms with van der Waals surface area (Å²) in [6, 6.07) is 8.54. The lowest BCUT2D eigenvalue weighted by Crippen LogP contribution is -2.46. The van der Waals surface area contributed by atoms with E-state index in [0.29, 0.717) is 18.3 Å². The molecule has 11 nitrogen and oxygen atoms in total. The summed E-state index contributed by atoms with van der Waals surface area (Å²) in [5.41, 5.74) is 0.894. The Morgan fingerprint density at radius 1 is 1.03 bits per heavy atom. The number of carbonyl (C=O) groups excluding carboxylic acids is 3. The minimum atomic E-state index is -1.41. The number of benzene rings is 1. The lowest BCUT2D eigenvalue weighted by Gasteiger charge is -2.31. The summed E-state index contributed by atoms with van der Waals surface area (Å²) in [5.74, 6) is 0.419. The monoisotopic (exact) mass is 520 g/mol. The average molecular weight is 521 g/mol. The van der Waals surface area contributed by atoms with Gasteiger partial charge in [0.25, 0.3) is 5.09 Å². The van der Waals surface area contributed by atoms with Gasteiger partial charge in [0.15, 0.2) is 0 Å². The Morgan fingerprint density at radius 2 is 1.65 bits per heavy atom. The van der Waals surface area contributed by atoms with Crippen LogP contribution in [0.4, 0.5) is 4.79 Å². The molecule has 1 aliphatic rings. The number of hydrogen-bond donors (Lipinski definition) is 1. The first-order valence-corrected chi connectivity index (χ1v) is 12.5. The summed E-state index contributed by atoms with van der Waals surface area (Å²) >= 11 is 0. The maximum absolute atomic E-state index is 13.0. The third-order valence-electron chi connectivity index (χ3n) is 6.25. The SMILES string of the molecule is CC(OC(=O)OCC=CCOC(=O)[C@@H](Cc1ccccc1)NC(=O)C1CCC(C(C)C)CC1)O[N+](=O)[O-]. The molecule has 0 bridgehead atoms. The maximum atomic E-state index is 13.0. The quantitative estimate of drug-likeness (QED) is 0.134. The molecule has 0 aliphatic heterocycles. The highest BCUT2D eigenvalue weighted by atomic mass is 17.0. The van der Waals surface area contributed by atoms with Crippen LogP contribution in [0, 0.1) is 27.9 Å². The van der Waals surface area contributed by atoms with Crippen molar-refractivity contribution in [3.8, 4) is 0 Å². The van der Waals surface area contributed by atoms with Gasteiger partial charge in [0.1, 0.15) is 19.3 Å². The van der Waals surface area contributed by atoms with E-state index in [1.165, 1.54) is 19.1 Å². The van der Waals surface area contributed by atoms with E-state index in [2.05, 4.69) is 28.7 Å². The molecule has 1 unspecified atom stereocenters. The van der Waals surface area contributed by atoms with E-state index >= 15 is 0 Å². The molecule has 1 amide bonds. The minimum Gasteiger partial charge on any atom is -0.460 e. The molecule has 0 spiro atoms. The van der Waals surface area contributed by atoms with Gasteiger partial charge in [0.05, 0.1) is 0 Å². The van der Waals surface area contributed by atoms with Crippen molar-refractivity contribution in [1.29, 1.82) is 0 Å². The summed E-state index contributed by atoms with van der Waals surface area (Å²) in [6.45, 7) is 5.28. The third kappa shape index (κ3) is 11.3. The highest BCUT2D eigenvalue weighted by molar-refractivity contribution is 5.86. The zero-order valence-corrected chi connectivity index (χ0v) is 21.5. The fourth-order valence-electron chi connectivity index (χ4n) is 4.18. The van der Waals surface area contributed by atoms with Gasteiger partial charge < -0.3 is 19.5 Å². The summed E-state index contributed by atoms with van der Waals surface area (Å²) in [4.78, 5) is 51.4. The summed E-state index contributed by atoms with van der Waals surface area (Å²) in [7, 11) is 0. The lowest BCUT2D eigenvalue weighted by atomic mass is 9.76. The second-order valence-corrected chi connectivity index (χ2v) is 9.28. The van der Waals surface area contributed by atoms with Crippen molar-refractivity contribution in [3.05, 3.63) is 58.2 Å². The number of amides is 1. The highest BCUT2D eigenvalue weighted by Crippen LogP contribution is 2.33. The van der Waals surface area contributed by atoms with Gasteiger partial charge in [-0.15, -0.1) is 10.1 Å². The number of nitrogens with one attached hydrogen (secondary N) is 1. The van der Waals surface area contributed by atoms with Crippen molar-refractivity contribution >= 4 is 18.0 Å². The molecule has 1 fully saturated rings. The van der Waals surface area contributed by atoms with E-state index in [1.807, 2.05) is 30.3 Å². The molecule has 2 rings (SSSR count). The van der Waals surface area contributed by atoms with E-state index in [0.717, 1.165) is 31.2 Å². The summed E-state index contributed by atoms with van der Waals surface area (Å²) in [6.07, 6.45) is 4.27. The second-order valence-electron chi connectivity index (χ2n) is 9.28. The smallest absolute Gasteiger partial charge is 0.460 e. The van der Waals surface area contributed by atoms with Crippen molar-refractivity contribution in [2.75, 3.05) is 13.2 Å². The van der Waals surface area contributed by atoms with Crippen molar-refractivity contribution in [2.45, 2.75) is 65.2 Å². The van der Waals surface area contributed by atoms with E-state index in [-0.39, 0.29) is 25.0 Å². The van der Waals surface area contributed by atoms with Gasteiger partial charge in [-0.3, -0.25) is 9.63 Å². The fourth-order valence-corrected chi connectivity index (χ4v) is 4.18. The molecular formula is C26H36N2O9. The first kappa shape index (κ1) is 29.6. The topological polar surface area (TPSA) is 143 Å². The zero-order valence-electron chi connectivity index (χ0n) is 21.5. The number of esters is 1. The summed E-state index contributed by atoms with van der Waals surface area (Å²) < 4.78 is 14.6. The largest absolute Gasteiger partial charge is 0.510 e. The Labute approximate surface area is 216 Å². The predicted molar refractivity (Wildman–Crippen MR) is 132 cm³/mol. The maximum Gasteiger partial charge on any atom is 0.510 e. The highest BCUT2D eigenvalue weighted by Gasteiger charge is 2.31. The van der Waals surface area contributed by atoms with Gasteiger partial charge in [-0.05, 0) is 62.2 Å². The van der Waals surface area contributed by atoms with Crippen LogP contribution in [0.2, 0.25) is 0 Å². The fraction of sp³-hybridized carbons (Fsp3) is 0.577. The van der Waals surface area contributed by atoms with Gasteiger partial charge >= 0.3 is 12.1 Å². The van der Waals surface area contributed by atoms with Crippen LogP contribution in [-0.4, -0.2) is 48.7 Å². The Hall–Kier alpha value is -3.63. The Balaban J connectivity index is 1.83. The van der Waals surface area contributed by atoms with Crippen molar-refractivity contribution in [2.24, 2.45) is 17.8 Å². The standard InChI is InChI=1S/C26H36N2O9/c1-18(2)21-11-13-22(14-12-21)24(29)27-23(17-20-9-5-4-6-10-20)25(30)34-15-7-8-16-35-26(31)36-19(3)37-28(32)33/h4-10,18-19,21-23H,11-17H2,1-3H3,(H,27,29)/t19?,21?,22?,23-/m1/s1. The molecular weight excluding hydrogens is 484 g/mol. The lowest BCUT2D eigenvalue weighted by molar-refractivity contribution is -0.777. The number of nitrogens with zero attached hydrogens (tertiary/aromatic N) is 1. The van der Waals surface area contributed by atoms with Gasteiger partial charge in [0, 0.05) is 12.3 Å². The molecule has 0 aromatic heterocycles. The van der Waals surface area contributed by atoms with Crippen LogP contribution in [0.3, 0.4) is 0 Å². The number of ether oxygens (including phenoxy) is 3. The predicted octanol–water partition coefficient (Wildman–Crippen LogP) is 3.98. The number of rotatable bonds is 13. The molecule has 37 heavy (non-hydrogen) atoms. The Bertz CT molecular complexity index is 912. The molecule has 0 saturated heterocycles. The first-order valence-electron chi connectivity index (χ1n) is 12.5. The van der Waals surface area contributed by atoms with Gasteiger partial charge in [0.2, 0.25) is 12.2 Å². The average Bonchev–Trinajstić information content (AvgIpc) is 2.85. The van der Waals surface area contributed by atoms with E-state index in [1.54, 1.807) is 0 Å². The molecule has 1 N–H and O–H groups in total. The van der Waals surface area contributed by atoms with Crippen LogP contribution in [-0.2, 0) is 35.1 Å². The molecule has 1 aromatic rings. The minimum absolute atomic E-state index is 0.0985. The molecule has 204 valence electrons. The third-order valence-corrected chi connectivity index (χ3v) is 6.25. The van der Waals surface area contributed by atoms with Crippen LogP contribution in [0.25, 0.3) is 0 Å². The van der Waals surface area contributed by atoms with Gasteiger partial charge in [-0.2, -0.15) is 0 Å². The van der Waals surface area contributed by atoms with Gasteiger partial charge in [-0.25, -0.2) is 9.59 Å². The van der Waals surface area contributed by atoms with Crippen LogP contribution in [0.1, 0.15) is 52.0 Å². The molecule has 2 atom stereocenters. The van der Waals surface area contributed by atoms with Crippen LogP contribution in [0.5, 0.6) is 0 Å². The summed E-state index contributed by atoms with van der Waals surface area (Å²) in [5, 5.41) is 12.0. The second kappa shape index (κ2) is 15.5. The van der Waals surface area contributed by atoms with Crippen LogP contribution in [0.15, 0.2) is 42.5 Å². The molecule has 0 radical (unpaired) electrons. The molecule has 0 heterocycles. The van der Waals surface area contributed by atoms with Crippen LogP contribution >= 0.6 is 0 Å². The number of carbonyl (C=O) groups is 3. The molecule has 11 heteroatoms. The number of hydrogen-bond acceptors (Lipinski definition) is 9. The van der Waals surface area contributed by atoms with Crippen LogP contribution < -0.4 is 5.32 Å². The first-order chi connectivity index (χ1) is 17.7. The Morgan fingerprint density at radius 3 is 2.24 bits per heavy atom. The van der Waals surface area contributed by atoms with E-state index in [9.17, 15) is 24.5 Å². The van der Waals surface area contributed by atoms with E-state index in [4.69, 9.17) is 9.47 Å². The van der Waals surface area contributed by atoms with Gasteiger partial charge in [-0.1, -0.05) is 44.2 Å².